The molecule has 1 aromatic rings. The van der Waals surface area contributed by atoms with Crippen LogP contribution in [0, 0.1) is 11.8 Å². The highest BCUT2D eigenvalue weighted by molar-refractivity contribution is 5.85. The first-order valence-corrected chi connectivity index (χ1v) is 5.95. The molecule has 0 radical (unpaired) electrons. The minimum absolute atomic E-state index is 0.0239. The average Bonchev–Trinajstić information content (AvgIpc) is 2.87. The highest BCUT2D eigenvalue weighted by Gasteiger charge is 2.43. The molecule has 3 atom stereocenters. The molecule has 1 heterocycles. The molecule has 0 spiro atoms. The predicted molar refractivity (Wildman–Crippen MR) is 64.1 cm³/mol. The van der Waals surface area contributed by atoms with E-state index in [2.05, 4.69) is 11.4 Å². The van der Waals surface area contributed by atoms with Crippen LogP contribution >= 0.6 is 0 Å². The number of rotatable bonds is 4. The molecule has 1 aliphatic carbocycles. The second kappa shape index (κ2) is 4.34. The Morgan fingerprint density at radius 2 is 2.00 bits per heavy atom. The monoisotopic (exact) mass is 229 g/mol. The quantitative estimate of drug-likeness (QED) is 0.795. The summed E-state index contributed by atoms with van der Waals surface area (Å²) in [7, 11) is 0. The zero-order chi connectivity index (χ0) is 11.7. The van der Waals surface area contributed by atoms with Crippen molar-refractivity contribution < 1.29 is 9.53 Å². The van der Waals surface area contributed by atoms with Gasteiger partial charge in [-0.05, 0) is 5.56 Å². The van der Waals surface area contributed by atoms with Gasteiger partial charge in [0.15, 0.2) is 0 Å². The SMILES string of the molecule is O=C1N[C@@H]2C=C[C@H]1[C@H]2COCc1ccccc1. The van der Waals surface area contributed by atoms with Gasteiger partial charge in [0.05, 0.1) is 25.2 Å². The zero-order valence-electron chi connectivity index (χ0n) is 9.50. The predicted octanol–water partition coefficient (Wildman–Crippen LogP) is 1.50. The van der Waals surface area contributed by atoms with Crippen LogP contribution in [0.15, 0.2) is 42.5 Å². The summed E-state index contributed by atoms with van der Waals surface area (Å²) in [5.74, 6) is 0.452. The molecule has 17 heavy (non-hydrogen) atoms. The normalized spacial score (nSPS) is 29.6. The number of benzene rings is 1. The van der Waals surface area contributed by atoms with Crippen molar-refractivity contribution in [2.75, 3.05) is 6.61 Å². The highest BCUT2D eigenvalue weighted by atomic mass is 16.5. The Morgan fingerprint density at radius 1 is 1.18 bits per heavy atom. The maximum atomic E-state index is 11.5. The molecule has 2 aliphatic rings. The number of nitrogens with one attached hydrogen (secondary N) is 1. The van der Waals surface area contributed by atoms with E-state index in [0.717, 1.165) is 0 Å². The molecule has 1 fully saturated rings. The van der Waals surface area contributed by atoms with E-state index in [1.807, 2.05) is 36.4 Å². The van der Waals surface area contributed by atoms with Crippen molar-refractivity contribution in [3.63, 3.8) is 0 Å². The summed E-state index contributed by atoms with van der Waals surface area (Å²) in [6.45, 7) is 1.25. The van der Waals surface area contributed by atoms with Gasteiger partial charge < -0.3 is 10.1 Å². The lowest BCUT2D eigenvalue weighted by Gasteiger charge is -2.13. The fourth-order valence-electron chi connectivity index (χ4n) is 2.54. The van der Waals surface area contributed by atoms with E-state index in [-0.39, 0.29) is 23.8 Å². The summed E-state index contributed by atoms with van der Waals surface area (Å²) in [6, 6.07) is 10.3. The second-order valence-electron chi connectivity index (χ2n) is 4.61. The first kappa shape index (κ1) is 10.5. The Kier molecular flexibility index (Phi) is 2.69. The second-order valence-corrected chi connectivity index (χ2v) is 4.61. The van der Waals surface area contributed by atoms with Crippen molar-refractivity contribution >= 4 is 5.91 Å². The maximum absolute atomic E-state index is 11.5. The Balaban J connectivity index is 1.52. The van der Waals surface area contributed by atoms with Crippen LogP contribution in [-0.2, 0) is 16.1 Å². The van der Waals surface area contributed by atoms with Gasteiger partial charge in [-0.25, -0.2) is 0 Å². The van der Waals surface area contributed by atoms with Crippen LogP contribution < -0.4 is 5.32 Å². The van der Waals surface area contributed by atoms with Gasteiger partial charge in [0, 0.05) is 5.92 Å². The summed E-state index contributed by atoms with van der Waals surface area (Å²) in [6.07, 6.45) is 4.07. The Hall–Kier alpha value is -1.61. The van der Waals surface area contributed by atoms with E-state index in [4.69, 9.17) is 4.74 Å². The van der Waals surface area contributed by atoms with Crippen LogP contribution in [0.25, 0.3) is 0 Å². The van der Waals surface area contributed by atoms with Crippen molar-refractivity contribution in [3.8, 4) is 0 Å². The number of hydrogen-bond donors (Lipinski definition) is 1. The van der Waals surface area contributed by atoms with E-state index < -0.39 is 0 Å². The molecule has 3 nitrogen and oxygen atoms in total. The van der Waals surface area contributed by atoms with Crippen molar-refractivity contribution in [3.05, 3.63) is 48.0 Å². The third kappa shape index (κ3) is 1.98. The van der Waals surface area contributed by atoms with Crippen molar-refractivity contribution in [2.24, 2.45) is 11.8 Å². The summed E-state index contributed by atoms with van der Waals surface area (Å²) >= 11 is 0. The van der Waals surface area contributed by atoms with Crippen LogP contribution in [0.4, 0.5) is 0 Å². The van der Waals surface area contributed by atoms with Crippen molar-refractivity contribution in [1.29, 1.82) is 0 Å². The fraction of sp³-hybridized carbons (Fsp3) is 0.357. The van der Waals surface area contributed by atoms with E-state index in [9.17, 15) is 4.79 Å². The maximum Gasteiger partial charge on any atom is 0.227 e. The van der Waals surface area contributed by atoms with Gasteiger partial charge in [0.25, 0.3) is 0 Å². The van der Waals surface area contributed by atoms with Crippen molar-refractivity contribution in [2.45, 2.75) is 12.6 Å². The number of fused-ring (bicyclic) bond motifs is 2. The summed E-state index contributed by atoms with van der Waals surface area (Å²) in [5, 5.41) is 2.95. The smallest absolute Gasteiger partial charge is 0.227 e. The summed E-state index contributed by atoms with van der Waals surface area (Å²) < 4.78 is 5.70. The molecule has 1 aromatic carbocycles. The molecule has 1 aliphatic heterocycles. The molecule has 3 rings (SSSR count). The minimum Gasteiger partial charge on any atom is -0.376 e. The summed E-state index contributed by atoms with van der Waals surface area (Å²) in [5.41, 5.74) is 1.17. The lowest BCUT2D eigenvalue weighted by atomic mass is 9.98. The molecule has 88 valence electrons. The molecule has 0 saturated carbocycles. The molecule has 2 bridgehead atoms. The molecule has 1 N–H and O–H groups in total. The first-order chi connectivity index (χ1) is 8.34. The topological polar surface area (TPSA) is 38.3 Å². The zero-order valence-corrected chi connectivity index (χ0v) is 9.50. The van der Waals surface area contributed by atoms with Crippen LogP contribution in [0.2, 0.25) is 0 Å². The van der Waals surface area contributed by atoms with Gasteiger partial charge in [-0.3, -0.25) is 4.79 Å². The third-order valence-electron chi connectivity index (χ3n) is 3.48. The minimum atomic E-state index is 0.0239. The van der Waals surface area contributed by atoms with E-state index >= 15 is 0 Å². The molecule has 1 saturated heterocycles. The third-order valence-corrected chi connectivity index (χ3v) is 3.48. The molecule has 0 unspecified atom stereocenters. The van der Waals surface area contributed by atoms with Gasteiger partial charge in [-0.1, -0.05) is 42.5 Å². The fourth-order valence-corrected chi connectivity index (χ4v) is 2.54. The van der Waals surface area contributed by atoms with E-state index in [1.54, 1.807) is 0 Å². The standard InChI is InChI=1S/C14H15NO2/c16-14-11-6-7-13(15-14)12(11)9-17-8-10-4-2-1-3-5-10/h1-7,11-13H,8-9H2,(H,15,16)/t11-,12+,13+/m0/s1. The Bertz CT molecular complexity index is 441. The van der Waals surface area contributed by atoms with Gasteiger partial charge in [-0.2, -0.15) is 0 Å². The lowest BCUT2D eigenvalue weighted by Crippen LogP contribution is -2.28. The van der Waals surface area contributed by atoms with Crippen LogP contribution in [0.1, 0.15) is 5.56 Å². The van der Waals surface area contributed by atoms with E-state index in [1.165, 1.54) is 5.56 Å². The number of hydrogen-bond acceptors (Lipinski definition) is 2. The molecule has 3 heteroatoms. The highest BCUT2D eigenvalue weighted by Crippen LogP contribution is 2.32. The molecular formula is C14H15NO2. The molecular weight excluding hydrogens is 214 g/mol. The number of carbonyl (C=O) groups excluding carboxylic acids is 1. The van der Waals surface area contributed by atoms with Gasteiger partial charge in [-0.15, -0.1) is 0 Å². The first-order valence-electron chi connectivity index (χ1n) is 5.95. The van der Waals surface area contributed by atoms with Gasteiger partial charge >= 0.3 is 0 Å². The van der Waals surface area contributed by atoms with E-state index in [0.29, 0.717) is 13.2 Å². The van der Waals surface area contributed by atoms with Gasteiger partial charge in [0.1, 0.15) is 0 Å². The average molecular weight is 229 g/mol. The Morgan fingerprint density at radius 3 is 2.65 bits per heavy atom. The Labute approximate surface area is 100 Å². The van der Waals surface area contributed by atoms with Crippen molar-refractivity contribution in [1.82, 2.24) is 5.32 Å². The molecule has 1 amide bonds. The molecule has 0 aromatic heterocycles. The van der Waals surface area contributed by atoms with Crippen LogP contribution in [-0.4, -0.2) is 18.6 Å². The lowest BCUT2D eigenvalue weighted by molar-refractivity contribution is -0.122. The van der Waals surface area contributed by atoms with Crippen LogP contribution in [0.3, 0.4) is 0 Å². The number of ether oxygens (including phenoxy) is 1. The number of carbonyl (C=O) groups is 1. The van der Waals surface area contributed by atoms with Crippen LogP contribution in [0.5, 0.6) is 0 Å². The number of amides is 1. The summed E-state index contributed by atoms with van der Waals surface area (Å²) in [4.78, 5) is 11.5. The van der Waals surface area contributed by atoms with Gasteiger partial charge in [0.2, 0.25) is 5.91 Å². The largest absolute Gasteiger partial charge is 0.376 e.